The van der Waals surface area contributed by atoms with E-state index in [4.69, 9.17) is 0 Å². The third-order valence-corrected chi connectivity index (χ3v) is 3.30. The van der Waals surface area contributed by atoms with Crippen molar-refractivity contribution < 1.29 is 9.18 Å². The van der Waals surface area contributed by atoms with Crippen molar-refractivity contribution in [1.29, 1.82) is 0 Å². The molecular weight excluding hydrogens is 243 g/mol. The molecule has 2 N–H and O–H groups in total. The molecule has 2 amide bonds. The van der Waals surface area contributed by atoms with E-state index in [0.717, 1.165) is 24.8 Å². The minimum Gasteiger partial charge on any atom is -0.338 e. The number of allylic oxidation sites excluding steroid dienone is 2. The van der Waals surface area contributed by atoms with Crippen molar-refractivity contribution >= 4 is 6.03 Å². The normalized spacial score (nSPS) is 18.1. The SMILES string of the molecule is O=C(NCc1ccc(F)cc1)NC[C@@H]1CC=CCC1. The van der Waals surface area contributed by atoms with Crippen LogP contribution in [-0.4, -0.2) is 12.6 Å². The van der Waals surface area contributed by atoms with E-state index < -0.39 is 0 Å². The summed E-state index contributed by atoms with van der Waals surface area (Å²) in [6, 6.07) is 5.95. The van der Waals surface area contributed by atoms with Crippen LogP contribution in [0.5, 0.6) is 0 Å². The third kappa shape index (κ3) is 4.73. The number of hydrogen-bond donors (Lipinski definition) is 2. The van der Waals surface area contributed by atoms with Crippen molar-refractivity contribution in [2.75, 3.05) is 6.54 Å². The van der Waals surface area contributed by atoms with Crippen LogP contribution in [0.25, 0.3) is 0 Å². The quantitative estimate of drug-likeness (QED) is 0.805. The number of urea groups is 1. The minimum absolute atomic E-state index is 0.168. The molecule has 0 spiro atoms. The second-order valence-corrected chi connectivity index (χ2v) is 4.84. The van der Waals surface area contributed by atoms with Gasteiger partial charge >= 0.3 is 6.03 Å². The second kappa shape index (κ2) is 6.92. The van der Waals surface area contributed by atoms with Crippen LogP contribution in [0.3, 0.4) is 0 Å². The predicted octanol–water partition coefficient (Wildman–Crippen LogP) is 2.98. The zero-order chi connectivity index (χ0) is 13.5. The van der Waals surface area contributed by atoms with Crippen molar-refractivity contribution in [3.8, 4) is 0 Å². The van der Waals surface area contributed by atoms with Gasteiger partial charge in [-0.25, -0.2) is 9.18 Å². The highest BCUT2D eigenvalue weighted by Crippen LogP contribution is 2.16. The second-order valence-electron chi connectivity index (χ2n) is 4.84. The summed E-state index contributed by atoms with van der Waals surface area (Å²) in [6.45, 7) is 1.12. The summed E-state index contributed by atoms with van der Waals surface area (Å²) in [7, 11) is 0. The lowest BCUT2D eigenvalue weighted by molar-refractivity contribution is 0.238. The Morgan fingerprint density at radius 1 is 1.21 bits per heavy atom. The van der Waals surface area contributed by atoms with Crippen LogP contribution >= 0.6 is 0 Å². The number of rotatable bonds is 4. The lowest BCUT2D eigenvalue weighted by Gasteiger charge is -2.18. The molecule has 0 saturated carbocycles. The number of carbonyl (C=O) groups excluding carboxylic acids is 1. The van der Waals surface area contributed by atoms with Crippen LogP contribution in [0, 0.1) is 11.7 Å². The van der Waals surface area contributed by atoms with Gasteiger partial charge in [0, 0.05) is 13.1 Å². The molecule has 1 aliphatic rings. The van der Waals surface area contributed by atoms with Crippen molar-refractivity contribution in [3.05, 3.63) is 47.8 Å². The Bertz CT molecular complexity index is 442. The molecule has 0 heterocycles. The Kier molecular flexibility index (Phi) is 4.95. The average molecular weight is 262 g/mol. The van der Waals surface area contributed by atoms with Gasteiger partial charge in [0.05, 0.1) is 0 Å². The molecule has 3 nitrogen and oxygen atoms in total. The van der Waals surface area contributed by atoms with Crippen LogP contribution in [0.2, 0.25) is 0 Å². The fourth-order valence-electron chi connectivity index (χ4n) is 2.13. The Morgan fingerprint density at radius 2 is 2.00 bits per heavy atom. The Balaban J connectivity index is 1.66. The van der Waals surface area contributed by atoms with E-state index in [2.05, 4.69) is 22.8 Å². The summed E-state index contributed by atoms with van der Waals surface area (Å²) in [4.78, 5) is 11.6. The standard InChI is InChI=1S/C15H19FN2O/c16-14-8-6-13(7-9-14)11-18-15(19)17-10-12-4-2-1-3-5-12/h1-2,6-9,12H,3-5,10-11H2,(H2,17,18,19)/t12-/m1/s1. The molecule has 1 aromatic carbocycles. The summed E-state index contributed by atoms with van der Waals surface area (Å²) in [5.74, 6) is 0.278. The fraction of sp³-hybridized carbons (Fsp3) is 0.400. The van der Waals surface area contributed by atoms with Gasteiger partial charge in [-0.05, 0) is 42.9 Å². The average Bonchev–Trinajstić information content (AvgIpc) is 2.45. The Hall–Kier alpha value is -1.84. The fourth-order valence-corrected chi connectivity index (χ4v) is 2.13. The summed E-state index contributed by atoms with van der Waals surface area (Å²) in [5.41, 5.74) is 0.886. The number of halogens is 1. The summed E-state index contributed by atoms with van der Waals surface area (Å²) >= 11 is 0. The highest BCUT2D eigenvalue weighted by molar-refractivity contribution is 5.73. The lowest BCUT2D eigenvalue weighted by atomic mass is 9.94. The van der Waals surface area contributed by atoms with Gasteiger partial charge in [-0.1, -0.05) is 24.3 Å². The van der Waals surface area contributed by atoms with E-state index in [0.29, 0.717) is 19.0 Å². The van der Waals surface area contributed by atoms with Crippen LogP contribution in [-0.2, 0) is 6.54 Å². The first kappa shape index (κ1) is 13.6. The molecule has 1 atom stereocenters. The summed E-state index contributed by atoms with van der Waals surface area (Å²) in [5, 5.41) is 5.64. The highest BCUT2D eigenvalue weighted by atomic mass is 19.1. The van der Waals surface area contributed by atoms with E-state index in [1.54, 1.807) is 12.1 Å². The minimum atomic E-state index is -0.265. The zero-order valence-electron chi connectivity index (χ0n) is 10.9. The van der Waals surface area contributed by atoms with Gasteiger partial charge in [-0.15, -0.1) is 0 Å². The number of benzene rings is 1. The van der Waals surface area contributed by atoms with E-state index in [-0.39, 0.29) is 11.8 Å². The number of hydrogen-bond acceptors (Lipinski definition) is 1. The predicted molar refractivity (Wildman–Crippen MR) is 73.1 cm³/mol. The maximum Gasteiger partial charge on any atom is 0.315 e. The van der Waals surface area contributed by atoms with Crippen LogP contribution < -0.4 is 10.6 Å². The van der Waals surface area contributed by atoms with Crippen molar-refractivity contribution in [1.82, 2.24) is 10.6 Å². The first-order valence-corrected chi connectivity index (χ1v) is 6.65. The van der Waals surface area contributed by atoms with Gasteiger partial charge in [0.25, 0.3) is 0 Å². The zero-order valence-corrected chi connectivity index (χ0v) is 10.9. The molecule has 1 aromatic rings. The maximum absolute atomic E-state index is 12.7. The molecule has 0 unspecified atom stereocenters. The van der Waals surface area contributed by atoms with Crippen molar-refractivity contribution in [2.24, 2.45) is 5.92 Å². The molecule has 2 rings (SSSR count). The largest absolute Gasteiger partial charge is 0.338 e. The molecule has 4 heteroatoms. The number of amides is 2. The van der Waals surface area contributed by atoms with E-state index in [1.807, 2.05) is 0 Å². The van der Waals surface area contributed by atoms with Crippen LogP contribution in [0.15, 0.2) is 36.4 Å². The molecule has 0 saturated heterocycles. The summed E-state index contributed by atoms with van der Waals surface area (Å²) in [6.07, 6.45) is 7.63. The highest BCUT2D eigenvalue weighted by Gasteiger charge is 2.10. The number of nitrogens with one attached hydrogen (secondary N) is 2. The monoisotopic (exact) mass is 262 g/mol. The first-order chi connectivity index (χ1) is 9.24. The molecule has 0 fully saturated rings. The molecule has 0 radical (unpaired) electrons. The van der Waals surface area contributed by atoms with Crippen molar-refractivity contribution in [2.45, 2.75) is 25.8 Å². The Morgan fingerprint density at radius 3 is 2.68 bits per heavy atom. The molecule has 102 valence electrons. The van der Waals surface area contributed by atoms with Gasteiger partial charge in [-0.3, -0.25) is 0 Å². The molecule has 19 heavy (non-hydrogen) atoms. The molecule has 0 aromatic heterocycles. The van der Waals surface area contributed by atoms with Crippen molar-refractivity contribution in [3.63, 3.8) is 0 Å². The maximum atomic E-state index is 12.7. The molecule has 0 bridgehead atoms. The lowest BCUT2D eigenvalue weighted by Crippen LogP contribution is -2.38. The van der Waals surface area contributed by atoms with E-state index in [1.165, 1.54) is 12.1 Å². The van der Waals surface area contributed by atoms with Crippen LogP contribution in [0.4, 0.5) is 9.18 Å². The van der Waals surface area contributed by atoms with Gasteiger partial charge in [0.1, 0.15) is 5.82 Å². The van der Waals surface area contributed by atoms with E-state index in [9.17, 15) is 9.18 Å². The molecular formula is C15H19FN2O. The number of carbonyl (C=O) groups is 1. The molecule has 0 aliphatic heterocycles. The topological polar surface area (TPSA) is 41.1 Å². The van der Waals surface area contributed by atoms with Gasteiger partial charge in [-0.2, -0.15) is 0 Å². The van der Waals surface area contributed by atoms with Gasteiger partial charge in [0.15, 0.2) is 0 Å². The van der Waals surface area contributed by atoms with E-state index >= 15 is 0 Å². The third-order valence-electron chi connectivity index (χ3n) is 3.30. The first-order valence-electron chi connectivity index (χ1n) is 6.65. The van der Waals surface area contributed by atoms with Gasteiger partial charge < -0.3 is 10.6 Å². The summed E-state index contributed by atoms with van der Waals surface area (Å²) < 4.78 is 12.7. The smallest absolute Gasteiger partial charge is 0.315 e. The Labute approximate surface area is 112 Å². The van der Waals surface area contributed by atoms with Gasteiger partial charge in [0.2, 0.25) is 0 Å². The molecule has 1 aliphatic carbocycles. The van der Waals surface area contributed by atoms with Crippen LogP contribution in [0.1, 0.15) is 24.8 Å².